The fourth-order valence-corrected chi connectivity index (χ4v) is 2.83. The Balaban J connectivity index is 1.60. The molecule has 2 aromatic carbocycles. The number of nitrogens with one attached hydrogen (secondary N) is 1. The van der Waals surface area contributed by atoms with Gasteiger partial charge in [0.25, 0.3) is 0 Å². The first-order chi connectivity index (χ1) is 10.2. The third-order valence-electron chi connectivity index (χ3n) is 3.20. The van der Waals surface area contributed by atoms with Crippen LogP contribution in [0.15, 0.2) is 59.5 Å². The molecule has 1 amide bonds. The number of rotatable bonds is 7. The number of hydrogen-bond donors (Lipinski definition) is 1. The number of aryl methyl sites for hydroxylation is 1. The minimum Gasteiger partial charge on any atom is -0.356 e. The lowest BCUT2D eigenvalue weighted by atomic mass is 10.1. The van der Waals surface area contributed by atoms with Gasteiger partial charge in [0.1, 0.15) is 0 Å². The van der Waals surface area contributed by atoms with Crippen molar-refractivity contribution in [2.75, 3.05) is 12.3 Å². The smallest absolute Gasteiger partial charge is 0.220 e. The zero-order valence-corrected chi connectivity index (χ0v) is 13.2. The Hall–Kier alpha value is -1.74. The minimum atomic E-state index is 0.130. The van der Waals surface area contributed by atoms with E-state index in [4.69, 9.17) is 0 Å². The second kappa shape index (κ2) is 8.53. The molecule has 110 valence electrons. The first-order valence-corrected chi connectivity index (χ1v) is 8.23. The summed E-state index contributed by atoms with van der Waals surface area (Å²) in [4.78, 5) is 13.0. The molecule has 0 unspecified atom stereocenters. The molecule has 0 saturated heterocycles. The fourth-order valence-electron chi connectivity index (χ4n) is 1.98. The third kappa shape index (κ3) is 6.05. The molecule has 0 radical (unpaired) electrons. The molecule has 0 aromatic heterocycles. The second-order valence-electron chi connectivity index (χ2n) is 5.00. The molecule has 0 spiro atoms. The van der Waals surface area contributed by atoms with E-state index < -0.39 is 0 Å². The van der Waals surface area contributed by atoms with Gasteiger partial charge in [-0.15, -0.1) is 11.8 Å². The van der Waals surface area contributed by atoms with Crippen LogP contribution in [-0.2, 0) is 11.2 Å². The van der Waals surface area contributed by atoms with Gasteiger partial charge in [0.2, 0.25) is 5.91 Å². The van der Waals surface area contributed by atoms with Gasteiger partial charge in [0, 0.05) is 23.6 Å². The van der Waals surface area contributed by atoms with Gasteiger partial charge < -0.3 is 5.32 Å². The zero-order chi connectivity index (χ0) is 14.9. The van der Waals surface area contributed by atoms with Crippen LogP contribution in [0.25, 0.3) is 0 Å². The van der Waals surface area contributed by atoms with Crippen molar-refractivity contribution in [3.05, 3.63) is 65.7 Å². The maximum absolute atomic E-state index is 11.8. The topological polar surface area (TPSA) is 29.1 Å². The largest absolute Gasteiger partial charge is 0.356 e. The monoisotopic (exact) mass is 299 g/mol. The fraction of sp³-hybridized carbons (Fsp3) is 0.278. The predicted octanol–water partition coefficient (Wildman–Crippen LogP) is 3.84. The average Bonchev–Trinajstić information content (AvgIpc) is 2.50. The van der Waals surface area contributed by atoms with Crippen LogP contribution in [0.1, 0.15) is 17.5 Å². The average molecular weight is 299 g/mol. The first-order valence-electron chi connectivity index (χ1n) is 7.24. The van der Waals surface area contributed by atoms with Crippen molar-refractivity contribution in [3.63, 3.8) is 0 Å². The van der Waals surface area contributed by atoms with E-state index in [0.717, 1.165) is 12.2 Å². The highest BCUT2D eigenvalue weighted by molar-refractivity contribution is 7.99. The van der Waals surface area contributed by atoms with Gasteiger partial charge in [-0.25, -0.2) is 0 Å². The van der Waals surface area contributed by atoms with Crippen molar-refractivity contribution < 1.29 is 4.79 Å². The molecule has 0 aliphatic heterocycles. The Morgan fingerprint density at radius 3 is 2.48 bits per heavy atom. The van der Waals surface area contributed by atoms with Gasteiger partial charge in [-0.3, -0.25) is 4.79 Å². The SMILES string of the molecule is Cc1ccc(SCCC(=O)NCCc2ccccc2)cc1. The maximum Gasteiger partial charge on any atom is 0.220 e. The highest BCUT2D eigenvalue weighted by Gasteiger charge is 2.02. The zero-order valence-electron chi connectivity index (χ0n) is 12.3. The molecule has 21 heavy (non-hydrogen) atoms. The van der Waals surface area contributed by atoms with Crippen LogP contribution >= 0.6 is 11.8 Å². The normalized spacial score (nSPS) is 10.3. The molecule has 0 aliphatic rings. The number of carbonyl (C=O) groups excluding carboxylic acids is 1. The molecule has 0 fully saturated rings. The number of amides is 1. The van der Waals surface area contributed by atoms with Crippen molar-refractivity contribution in [3.8, 4) is 0 Å². The van der Waals surface area contributed by atoms with E-state index in [1.54, 1.807) is 11.8 Å². The van der Waals surface area contributed by atoms with Gasteiger partial charge >= 0.3 is 0 Å². The van der Waals surface area contributed by atoms with E-state index in [1.165, 1.54) is 16.0 Å². The number of thioether (sulfide) groups is 1. The summed E-state index contributed by atoms with van der Waals surface area (Å²) in [6, 6.07) is 18.6. The molecule has 0 heterocycles. The van der Waals surface area contributed by atoms with Gasteiger partial charge in [-0.2, -0.15) is 0 Å². The van der Waals surface area contributed by atoms with Gasteiger partial charge in [0.05, 0.1) is 0 Å². The van der Waals surface area contributed by atoms with Crippen LogP contribution in [0.4, 0.5) is 0 Å². The molecular formula is C18H21NOS. The Labute approximate surface area is 131 Å². The molecule has 1 N–H and O–H groups in total. The highest BCUT2D eigenvalue weighted by atomic mass is 32.2. The summed E-state index contributed by atoms with van der Waals surface area (Å²) < 4.78 is 0. The molecule has 0 saturated carbocycles. The van der Waals surface area contributed by atoms with E-state index in [-0.39, 0.29) is 5.91 Å². The molecule has 0 aliphatic carbocycles. The summed E-state index contributed by atoms with van der Waals surface area (Å²) in [6.07, 6.45) is 1.45. The lowest BCUT2D eigenvalue weighted by Gasteiger charge is -2.05. The van der Waals surface area contributed by atoms with Crippen molar-refractivity contribution in [1.29, 1.82) is 0 Å². The lowest BCUT2D eigenvalue weighted by Crippen LogP contribution is -2.25. The first kappa shape index (κ1) is 15.6. The summed E-state index contributed by atoms with van der Waals surface area (Å²) >= 11 is 1.73. The standard InChI is InChI=1S/C18H21NOS/c1-15-7-9-17(10-8-15)21-14-12-18(20)19-13-11-16-5-3-2-4-6-16/h2-10H,11-14H2,1H3,(H,19,20). The summed E-state index contributed by atoms with van der Waals surface area (Å²) in [6.45, 7) is 2.78. The number of carbonyl (C=O) groups is 1. The lowest BCUT2D eigenvalue weighted by molar-refractivity contribution is -0.120. The third-order valence-corrected chi connectivity index (χ3v) is 4.21. The van der Waals surface area contributed by atoms with Crippen LogP contribution in [-0.4, -0.2) is 18.2 Å². The van der Waals surface area contributed by atoms with E-state index in [1.807, 2.05) is 18.2 Å². The minimum absolute atomic E-state index is 0.130. The number of hydrogen-bond acceptors (Lipinski definition) is 2. The van der Waals surface area contributed by atoms with Crippen molar-refractivity contribution in [1.82, 2.24) is 5.32 Å². The van der Waals surface area contributed by atoms with Crippen molar-refractivity contribution in [2.24, 2.45) is 0 Å². The molecule has 3 heteroatoms. The summed E-state index contributed by atoms with van der Waals surface area (Å²) in [5, 5.41) is 2.97. The molecular weight excluding hydrogens is 278 g/mol. The Morgan fingerprint density at radius 2 is 1.76 bits per heavy atom. The summed E-state index contributed by atoms with van der Waals surface area (Å²) in [7, 11) is 0. The predicted molar refractivity (Wildman–Crippen MR) is 89.7 cm³/mol. The molecule has 0 bridgehead atoms. The number of benzene rings is 2. The van der Waals surface area contributed by atoms with E-state index >= 15 is 0 Å². The molecule has 0 atom stereocenters. The quantitative estimate of drug-likeness (QED) is 0.787. The second-order valence-corrected chi connectivity index (χ2v) is 6.17. The molecule has 2 nitrogen and oxygen atoms in total. The Morgan fingerprint density at radius 1 is 1.05 bits per heavy atom. The van der Waals surface area contributed by atoms with Gasteiger partial charge in [0.15, 0.2) is 0 Å². The Kier molecular flexibility index (Phi) is 6.35. The summed E-state index contributed by atoms with van der Waals surface area (Å²) in [5.41, 5.74) is 2.52. The van der Waals surface area contributed by atoms with E-state index in [9.17, 15) is 4.79 Å². The maximum atomic E-state index is 11.8. The van der Waals surface area contributed by atoms with Crippen LogP contribution in [0, 0.1) is 6.92 Å². The highest BCUT2D eigenvalue weighted by Crippen LogP contribution is 2.18. The summed E-state index contributed by atoms with van der Waals surface area (Å²) in [5.74, 6) is 0.950. The van der Waals surface area contributed by atoms with E-state index in [0.29, 0.717) is 13.0 Å². The van der Waals surface area contributed by atoms with Gasteiger partial charge in [-0.1, -0.05) is 48.0 Å². The Bertz CT molecular complexity index is 551. The van der Waals surface area contributed by atoms with Crippen molar-refractivity contribution >= 4 is 17.7 Å². The van der Waals surface area contributed by atoms with Crippen LogP contribution in [0.3, 0.4) is 0 Å². The van der Waals surface area contributed by atoms with Gasteiger partial charge in [-0.05, 0) is 31.0 Å². The van der Waals surface area contributed by atoms with Crippen LogP contribution < -0.4 is 5.32 Å². The molecule has 2 rings (SSSR count). The van der Waals surface area contributed by atoms with E-state index in [2.05, 4.69) is 48.6 Å². The van der Waals surface area contributed by atoms with Crippen LogP contribution in [0.5, 0.6) is 0 Å². The molecule has 2 aromatic rings. The van der Waals surface area contributed by atoms with Crippen molar-refractivity contribution in [2.45, 2.75) is 24.7 Å². The van der Waals surface area contributed by atoms with Crippen LogP contribution in [0.2, 0.25) is 0 Å².